The molecule has 0 fully saturated rings. The van der Waals surface area contributed by atoms with Crippen LogP contribution < -0.4 is 31.3 Å². The van der Waals surface area contributed by atoms with Crippen LogP contribution in [0, 0.1) is 0 Å². The fourth-order valence-corrected chi connectivity index (χ4v) is 8.10. The van der Waals surface area contributed by atoms with E-state index >= 15 is 0 Å². The third kappa shape index (κ3) is 20.5. The van der Waals surface area contributed by atoms with Gasteiger partial charge in [-0.05, 0) is 125 Å². The van der Waals surface area contributed by atoms with Crippen molar-refractivity contribution in [1.82, 2.24) is 15.1 Å². The number of phenolic OH excluding ortho intramolecular Hbond substituents is 1. The van der Waals surface area contributed by atoms with Crippen molar-refractivity contribution in [2.45, 2.75) is 20.0 Å². The highest BCUT2D eigenvalue weighted by Gasteiger charge is 2.33. The fraction of sp³-hybridized carbons (Fsp3) is 0.304. The smallest absolute Gasteiger partial charge is 0.344 e. The molecule has 76 heavy (non-hydrogen) atoms. The van der Waals surface area contributed by atoms with Crippen molar-refractivity contribution >= 4 is 75.6 Å². The highest BCUT2D eigenvalue weighted by Crippen LogP contribution is 2.41. The Morgan fingerprint density at radius 2 is 1.28 bits per heavy atom. The molecule has 0 radical (unpaired) electrons. The molecule has 0 saturated heterocycles. The van der Waals surface area contributed by atoms with Crippen LogP contribution in [0.15, 0.2) is 136 Å². The lowest BCUT2D eigenvalue weighted by molar-refractivity contribution is -0.138. The second kappa shape index (κ2) is 31.9. The molecule has 5 aromatic rings. The zero-order valence-corrected chi connectivity index (χ0v) is 44.5. The summed E-state index contributed by atoms with van der Waals surface area (Å²) in [6.07, 6.45) is 2.32. The molecule has 20 heteroatoms. The molecule has 7 N–H and O–H groups in total. The Morgan fingerprint density at radius 3 is 1.87 bits per heavy atom. The minimum Gasteiger partial charge on any atom is -0.506 e. The van der Waals surface area contributed by atoms with Crippen molar-refractivity contribution in [3.8, 4) is 11.5 Å². The Kier molecular flexibility index (Phi) is 24.8. The first-order valence-electron chi connectivity index (χ1n) is 24.4. The Hall–Kier alpha value is -7.72. The van der Waals surface area contributed by atoms with Gasteiger partial charge in [0.1, 0.15) is 23.0 Å². The summed E-state index contributed by atoms with van der Waals surface area (Å²) in [5.74, 6) is -1.08. The molecule has 0 aliphatic carbocycles. The Morgan fingerprint density at radius 1 is 0.684 bits per heavy atom. The zero-order chi connectivity index (χ0) is 54.7. The quantitative estimate of drug-likeness (QED) is 0.0148. The van der Waals surface area contributed by atoms with Gasteiger partial charge < -0.3 is 70.3 Å². The van der Waals surface area contributed by atoms with Gasteiger partial charge in [0.15, 0.2) is 11.5 Å². The van der Waals surface area contributed by atoms with E-state index in [9.17, 15) is 29.4 Å². The molecule has 0 unspecified atom stereocenters. The summed E-state index contributed by atoms with van der Waals surface area (Å²) in [6.45, 7) is 5.86. The van der Waals surface area contributed by atoms with E-state index in [0.29, 0.717) is 76.7 Å². The minimum absolute atomic E-state index is 0.0153. The lowest BCUT2D eigenvalue weighted by Gasteiger charge is -2.13. The number of ether oxygens (including phenoxy) is 5. The maximum Gasteiger partial charge on any atom is 0.344 e. The maximum atomic E-state index is 12.9. The number of aliphatic hydroxyl groups is 1. The number of urea groups is 1. The van der Waals surface area contributed by atoms with E-state index in [2.05, 4.69) is 41.4 Å². The van der Waals surface area contributed by atoms with Crippen LogP contribution in [0.2, 0.25) is 0 Å². The van der Waals surface area contributed by atoms with Gasteiger partial charge in [0.25, 0.3) is 5.91 Å². The summed E-state index contributed by atoms with van der Waals surface area (Å²) in [5.41, 5.74) is 6.51. The number of phenols is 1. The SMILES string of the molecule is CCOC(=O)C1=C(O)/C(=C/c2ccc(OCCOCCOCCOCCNC(=O)c3cc(NC)cc(NC(=O)Nc4ccc(CN(C)C)cc4)c3)c(O)c2)SC1=Nc1ccccc1.CN(C)Cc1ccc(NC=O)cc1. The molecule has 4 amide bonds. The summed E-state index contributed by atoms with van der Waals surface area (Å²) < 4.78 is 27.6. The number of aromatic hydroxyl groups is 1. The van der Waals surface area contributed by atoms with E-state index in [1.165, 1.54) is 11.6 Å². The molecule has 1 heterocycles. The van der Waals surface area contributed by atoms with Crippen LogP contribution in [0.1, 0.15) is 34.0 Å². The zero-order valence-electron chi connectivity index (χ0n) is 43.7. The number of nitrogens with zero attached hydrogens (tertiary/aromatic N) is 3. The van der Waals surface area contributed by atoms with Crippen LogP contribution in [0.4, 0.5) is 33.2 Å². The Bertz CT molecular complexity index is 2750. The number of hydrogen-bond acceptors (Lipinski definition) is 16. The average molecular weight is 1060 g/mol. The first-order valence-corrected chi connectivity index (χ1v) is 25.3. The van der Waals surface area contributed by atoms with Crippen LogP contribution in [-0.2, 0) is 41.6 Å². The molecule has 0 atom stereocenters. The molecular formula is C56H68N8O11S. The monoisotopic (exact) mass is 1060 g/mol. The number of anilines is 4. The van der Waals surface area contributed by atoms with Gasteiger partial charge in [-0.2, -0.15) is 0 Å². The molecule has 0 aromatic heterocycles. The van der Waals surface area contributed by atoms with Crippen molar-refractivity contribution in [2.24, 2.45) is 4.99 Å². The van der Waals surface area contributed by atoms with Crippen molar-refractivity contribution in [2.75, 3.05) is 116 Å². The fourth-order valence-electron chi connectivity index (χ4n) is 7.07. The van der Waals surface area contributed by atoms with Gasteiger partial charge in [0.05, 0.1) is 56.8 Å². The van der Waals surface area contributed by atoms with Crippen LogP contribution >= 0.6 is 11.8 Å². The second-order valence-electron chi connectivity index (χ2n) is 17.2. The van der Waals surface area contributed by atoms with Gasteiger partial charge in [-0.15, -0.1) is 0 Å². The molecule has 19 nitrogen and oxygen atoms in total. The summed E-state index contributed by atoms with van der Waals surface area (Å²) in [4.78, 5) is 57.5. The number of para-hydroxylation sites is 1. The van der Waals surface area contributed by atoms with Gasteiger partial charge in [0.2, 0.25) is 6.41 Å². The number of carbonyl (C=O) groups excluding carboxylic acids is 4. The molecule has 0 bridgehead atoms. The molecule has 1 aliphatic rings. The third-order valence-corrected chi connectivity index (χ3v) is 11.5. The first-order chi connectivity index (χ1) is 36.7. The third-order valence-electron chi connectivity index (χ3n) is 10.5. The number of amides is 4. The Balaban J connectivity index is 0.000000715. The normalized spacial score (nSPS) is 13.1. The lowest BCUT2D eigenvalue weighted by atomic mass is 10.1. The number of nitrogens with one attached hydrogen (secondary N) is 5. The summed E-state index contributed by atoms with van der Waals surface area (Å²) in [5, 5.41) is 35.9. The van der Waals surface area contributed by atoms with E-state index in [1.54, 1.807) is 62.5 Å². The van der Waals surface area contributed by atoms with E-state index in [-0.39, 0.29) is 61.7 Å². The molecule has 404 valence electrons. The molecular weight excluding hydrogens is 993 g/mol. The molecule has 5 aromatic carbocycles. The van der Waals surface area contributed by atoms with Crippen LogP contribution in [0.3, 0.4) is 0 Å². The van der Waals surface area contributed by atoms with Crippen molar-refractivity contribution in [3.05, 3.63) is 154 Å². The number of esters is 1. The van der Waals surface area contributed by atoms with Crippen LogP contribution in [0.25, 0.3) is 6.08 Å². The molecule has 6 rings (SSSR count). The van der Waals surface area contributed by atoms with E-state index in [1.807, 2.05) is 94.9 Å². The van der Waals surface area contributed by atoms with E-state index < -0.39 is 12.0 Å². The summed E-state index contributed by atoms with van der Waals surface area (Å²) in [7, 11) is 9.77. The molecule has 1 aliphatic heterocycles. The summed E-state index contributed by atoms with van der Waals surface area (Å²) in [6, 6.07) is 33.9. The lowest BCUT2D eigenvalue weighted by Crippen LogP contribution is -2.28. The van der Waals surface area contributed by atoms with Gasteiger partial charge in [-0.3, -0.25) is 9.59 Å². The van der Waals surface area contributed by atoms with Gasteiger partial charge in [0, 0.05) is 55.0 Å². The number of benzene rings is 5. The van der Waals surface area contributed by atoms with Gasteiger partial charge >= 0.3 is 12.0 Å². The molecule has 0 spiro atoms. The summed E-state index contributed by atoms with van der Waals surface area (Å²) >= 11 is 1.13. The van der Waals surface area contributed by atoms with Crippen molar-refractivity contribution in [1.29, 1.82) is 0 Å². The number of hydrogen-bond donors (Lipinski definition) is 7. The topological polar surface area (TPSA) is 234 Å². The molecule has 0 saturated carbocycles. The number of carbonyl (C=O) groups is 4. The van der Waals surface area contributed by atoms with Crippen LogP contribution in [-0.4, -0.2) is 144 Å². The largest absolute Gasteiger partial charge is 0.506 e. The highest BCUT2D eigenvalue weighted by atomic mass is 32.2. The first kappa shape index (κ1) is 59.2. The minimum atomic E-state index is -0.675. The predicted molar refractivity (Wildman–Crippen MR) is 300 cm³/mol. The van der Waals surface area contributed by atoms with E-state index in [0.717, 1.165) is 36.1 Å². The average Bonchev–Trinajstić information content (AvgIpc) is 3.70. The van der Waals surface area contributed by atoms with E-state index in [4.69, 9.17) is 23.7 Å². The standard InChI is InChI=1S/C46H54N6O10S.C10H14N2O/c1-5-61-45(56)41-42(54)40(63-44(41)49-34-9-7-6-8-10-34)26-32-13-16-39(38(53)25-32)62-24-23-60-22-21-59-20-19-58-18-17-48-43(55)33-27-36(47-2)29-37(28-33)51-46(57)50-35-14-11-31(12-15-35)30-52(3)4;1-12(2)7-9-3-5-10(6-4-9)11-8-13/h6-16,25-29,47,53-54H,5,17-24,30H2,1-4H3,(H,48,55)(H2,50,51,57);3-6,8H,7H2,1-2H3,(H,11,13)/b40-26-,49-44?;. The second-order valence-corrected chi connectivity index (χ2v) is 18.3. The van der Waals surface area contributed by atoms with Crippen molar-refractivity contribution in [3.63, 3.8) is 0 Å². The number of thioether (sulfide) groups is 1. The van der Waals surface area contributed by atoms with Gasteiger partial charge in [-0.25, -0.2) is 14.6 Å². The number of rotatable bonds is 27. The number of aliphatic hydroxyl groups excluding tert-OH is 1. The predicted octanol–water partition coefficient (Wildman–Crippen LogP) is 8.51. The van der Waals surface area contributed by atoms with Gasteiger partial charge in [-0.1, -0.05) is 60.3 Å². The Labute approximate surface area is 448 Å². The highest BCUT2D eigenvalue weighted by molar-refractivity contribution is 8.18. The maximum absolute atomic E-state index is 12.9. The van der Waals surface area contributed by atoms with Crippen LogP contribution in [0.5, 0.6) is 11.5 Å². The number of aliphatic imine (C=N–C) groups is 1. The van der Waals surface area contributed by atoms with Crippen molar-refractivity contribution < 1.29 is 53.1 Å².